The normalized spacial score (nSPS) is 13.4. The van der Waals surface area contributed by atoms with Gasteiger partial charge in [-0.25, -0.2) is 4.39 Å². The molecule has 23 heavy (non-hydrogen) atoms. The van der Waals surface area contributed by atoms with E-state index in [1.54, 1.807) is 30.3 Å². The summed E-state index contributed by atoms with van der Waals surface area (Å²) in [4.78, 5) is 16.7. The van der Waals surface area contributed by atoms with Crippen LogP contribution in [0.5, 0.6) is 0 Å². The van der Waals surface area contributed by atoms with Gasteiger partial charge in [-0.05, 0) is 25.1 Å². The Morgan fingerprint density at radius 3 is 2.61 bits per heavy atom. The van der Waals surface area contributed by atoms with Crippen molar-refractivity contribution in [2.75, 3.05) is 7.11 Å². The largest absolute Gasteiger partial charge is 0.390 e. The number of methoxy groups -OCH3 is 1. The second-order valence-corrected chi connectivity index (χ2v) is 5.18. The van der Waals surface area contributed by atoms with Gasteiger partial charge in [0.05, 0.1) is 24.5 Å². The molecule has 0 saturated carbocycles. The van der Waals surface area contributed by atoms with Crippen LogP contribution in [0.15, 0.2) is 42.5 Å². The van der Waals surface area contributed by atoms with Gasteiger partial charge in [-0.1, -0.05) is 24.3 Å². The molecule has 2 aromatic rings. The molecule has 0 aliphatic heterocycles. The Morgan fingerprint density at radius 1 is 1.26 bits per heavy atom. The predicted molar refractivity (Wildman–Crippen MR) is 82.8 cm³/mol. The van der Waals surface area contributed by atoms with E-state index < -0.39 is 17.3 Å². The number of hydrogen-bond acceptors (Lipinski definition) is 4. The molecule has 0 aliphatic rings. The lowest BCUT2D eigenvalue weighted by Crippen LogP contribution is -2.44. The number of carbonyl (C=O) groups is 1. The molecule has 0 radical (unpaired) electrons. The summed E-state index contributed by atoms with van der Waals surface area (Å²) in [5.41, 5.74) is -0.172. The van der Waals surface area contributed by atoms with E-state index in [9.17, 15) is 9.18 Å². The molecule has 5 nitrogen and oxygen atoms in total. The van der Waals surface area contributed by atoms with Crippen molar-refractivity contribution in [2.45, 2.75) is 25.7 Å². The van der Waals surface area contributed by atoms with Gasteiger partial charge in [-0.3, -0.25) is 9.78 Å². The van der Waals surface area contributed by atoms with E-state index in [1.165, 1.54) is 26.2 Å². The minimum absolute atomic E-state index is 0.153. The lowest BCUT2D eigenvalue weighted by atomic mass is 9.94. The van der Waals surface area contributed by atoms with Crippen LogP contribution >= 0.6 is 0 Å². The molecule has 0 saturated heterocycles. The summed E-state index contributed by atoms with van der Waals surface area (Å²) in [6, 6.07) is 11.2. The first-order valence-electron chi connectivity index (χ1n) is 7.15. The molecule has 2 rings (SSSR count). The van der Waals surface area contributed by atoms with Gasteiger partial charge in [-0.2, -0.15) is 0 Å². The van der Waals surface area contributed by atoms with Gasteiger partial charge >= 0.3 is 0 Å². The van der Waals surface area contributed by atoms with Crippen molar-refractivity contribution in [2.24, 2.45) is 0 Å². The number of amides is 1. The number of aromatic nitrogens is 1. The Balaban J connectivity index is 2.15. The number of aliphatic hydroxyl groups excluding tert-OH is 1. The zero-order valence-electron chi connectivity index (χ0n) is 13.0. The second-order valence-electron chi connectivity index (χ2n) is 5.18. The van der Waals surface area contributed by atoms with Gasteiger partial charge < -0.3 is 15.2 Å². The number of carbonyl (C=O) groups excluding carboxylic acids is 1. The molecule has 1 amide bonds. The van der Waals surface area contributed by atoms with Crippen molar-refractivity contribution in [1.29, 1.82) is 0 Å². The van der Waals surface area contributed by atoms with Crippen LogP contribution < -0.4 is 5.32 Å². The highest BCUT2D eigenvalue weighted by atomic mass is 19.1. The van der Waals surface area contributed by atoms with Crippen LogP contribution in [0.4, 0.5) is 4.39 Å². The van der Waals surface area contributed by atoms with E-state index >= 15 is 0 Å². The first-order valence-corrected chi connectivity index (χ1v) is 7.15. The molecule has 0 fully saturated rings. The highest BCUT2D eigenvalue weighted by Gasteiger charge is 2.37. The summed E-state index contributed by atoms with van der Waals surface area (Å²) in [5, 5.41) is 11.8. The van der Waals surface area contributed by atoms with E-state index in [2.05, 4.69) is 10.3 Å². The average Bonchev–Trinajstić information content (AvgIpc) is 2.59. The van der Waals surface area contributed by atoms with Gasteiger partial charge in [0.15, 0.2) is 5.60 Å². The van der Waals surface area contributed by atoms with Crippen LogP contribution in [0, 0.1) is 5.82 Å². The van der Waals surface area contributed by atoms with E-state index in [1.807, 2.05) is 0 Å². The number of halogens is 1. The minimum atomic E-state index is -1.44. The maximum atomic E-state index is 14.0. The molecule has 1 aromatic heterocycles. The van der Waals surface area contributed by atoms with Gasteiger partial charge in [0, 0.05) is 12.7 Å². The highest BCUT2D eigenvalue weighted by Crippen LogP contribution is 2.27. The molecule has 2 N–H and O–H groups in total. The van der Waals surface area contributed by atoms with Crippen LogP contribution in [0.3, 0.4) is 0 Å². The zero-order chi connectivity index (χ0) is 16.9. The smallest absolute Gasteiger partial charge is 0.257 e. The third-order valence-corrected chi connectivity index (χ3v) is 3.69. The number of rotatable bonds is 6. The first kappa shape index (κ1) is 17.1. The number of pyridine rings is 1. The van der Waals surface area contributed by atoms with E-state index in [0.29, 0.717) is 11.4 Å². The maximum Gasteiger partial charge on any atom is 0.257 e. The van der Waals surface area contributed by atoms with Crippen LogP contribution in [0.1, 0.15) is 23.9 Å². The van der Waals surface area contributed by atoms with Crippen molar-refractivity contribution in [3.05, 3.63) is 65.2 Å². The van der Waals surface area contributed by atoms with Crippen molar-refractivity contribution in [1.82, 2.24) is 10.3 Å². The predicted octanol–water partition coefficient (Wildman–Crippen LogP) is 1.89. The number of nitrogens with one attached hydrogen (secondary N) is 1. The maximum absolute atomic E-state index is 14.0. The Hall–Kier alpha value is -2.31. The summed E-state index contributed by atoms with van der Waals surface area (Å²) < 4.78 is 19.3. The molecular formula is C17H19FN2O3. The molecule has 1 heterocycles. The molecule has 1 atom stereocenters. The molecule has 6 heteroatoms. The monoisotopic (exact) mass is 318 g/mol. The summed E-state index contributed by atoms with van der Waals surface area (Å²) >= 11 is 0. The Bertz CT molecular complexity index is 693. The third-order valence-electron chi connectivity index (χ3n) is 3.69. The lowest BCUT2D eigenvalue weighted by molar-refractivity contribution is -0.143. The number of nitrogens with zero attached hydrogens (tertiary/aromatic N) is 1. The molecule has 0 spiro atoms. The molecule has 122 valence electrons. The van der Waals surface area contributed by atoms with Gasteiger partial charge in [0.2, 0.25) is 0 Å². The fourth-order valence-corrected chi connectivity index (χ4v) is 2.23. The fraction of sp³-hybridized carbons (Fsp3) is 0.294. The number of aliphatic hydroxyl groups is 1. The average molecular weight is 318 g/mol. The van der Waals surface area contributed by atoms with Gasteiger partial charge in [-0.15, -0.1) is 0 Å². The molecular weight excluding hydrogens is 299 g/mol. The number of ether oxygens (including phenoxy) is 1. The van der Waals surface area contributed by atoms with E-state index in [0.717, 1.165) is 0 Å². The summed E-state index contributed by atoms with van der Waals surface area (Å²) in [7, 11) is 1.36. The van der Waals surface area contributed by atoms with Crippen molar-refractivity contribution in [3.8, 4) is 0 Å². The van der Waals surface area contributed by atoms with Gasteiger partial charge in [0.25, 0.3) is 5.91 Å². The van der Waals surface area contributed by atoms with E-state index in [4.69, 9.17) is 9.84 Å². The Labute approximate surface area is 134 Å². The van der Waals surface area contributed by atoms with Crippen molar-refractivity contribution < 1.29 is 19.0 Å². The Kier molecular flexibility index (Phi) is 5.41. The summed E-state index contributed by atoms with van der Waals surface area (Å²) in [6.07, 6.45) is 0. The number of hydrogen-bond donors (Lipinski definition) is 2. The lowest BCUT2D eigenvalue weighted by Gasteiger charge is -2.27. The zero-order valence-corrected chi connectivity index (χ0v) is 13.0. The standard InChI is InChI=1S/C17H19FN2O3/c1-17(23-2,14-8-3-4-9-15(14)18)16(22)19-10-12-6-5-7-13(11-21)20-12/h3-9,21H,10-11H2,1-2H3,(H,19,22)/t17-/m0/s1. The Morgan fingerprint density at radius 2 is 1.96 bits per heavy atom. The summed E-state index contributed by atoms with van der Waals surface area (Å²) in [5.74, 6) is -0.978. The fourth-order valence-electron chi connectivity index (χ4n) is 2.23. The molecule has 0 unspecified atom stereocenters. The molecule has 0 bridgehead atoms. The summed E-state index contributed by atoms with van der Waals surface area (Å²) in [6.45, 7) is 1.49. The third kappa shape index (κ3) is 3.72. The van der Waals surface area contributed by atoms with Crippen LogP contribution in [0.25, 0.3) is 0 Å². The first-order chi connectivity index (χ1) is 11.0. The quantitative estimate of drug-likeness (QED) is 0.853. The molecule has 1 aromatic carbocycles. The second kappa shape index (κ2) is 7.30. The van der Waals surface area contributed by atoms with Crippen molar-refractivity contribution >= 4 is 5.91 Å². The topological polar surface area (TPSA) is 71.5 Å². The number of benzene rings is 1. The highest BCUT2D eigenvalue weighted by molar-refractivity contribution is 5.86. The SMILES string of the molecule is CO[C@](C)(C(=O)NCc1cccc(CO)n1)c1ccccc1F. The van der Waals surface area contributed by atoms with Crippen LogP contribution in [-0.4, -0.2) is 23.1 Å². The van der Waals surface area contributed by atoms with Gasteiger partial charge in [0.1, 0.15) is 5.82 Å². The minimum Gasteiger partial charge on any atom is -0.390 e. The van der Waals surface area contributed by atoms with Crippen LogP contribution in [-0.2, 0) is 28.3 Å². The van der Waals surface area contributed by atoms with Crippen LogP contribution in [0.2, 0.25) is 0 Å². The molecule has 0 aliphatic carbocycles. The van der Waals surface area contributed by atoms with E-state index in [-0.39, 0.29) is 18.7 Å². The van der Waals surface area contributed by atoms with Crippen molar-refractivity contribution in [3.63, 3.8) is 0 Å².